The van der Waals surface area contributed by atoms with Gasteiger partial charge in [0, 0.05) is 24.0 Å². The van der Waals surface area contributed by atoms with Gasteiger partial charge in [-0.1, -0.05) is 29.8 Å². The molecule has 1 fully saturated rings. The molecule has 1 aromatic heterocycles. The third-order valence-electron chi connectivity index (χ3n) is 4.58. The van der Waals surface area contributed by atoms with Gasteiger partial charge in [0.1, 0.15) is 10.6 Å². The van der Waals surface area contributed by atoms with Crippen LogP contribution in [-0.2, 0) is 14.3 Å². The molecule has 0 radical (unpaired) electrons. The number of carbonyl (C=O) groups is 2. The van der Waals surface area contributed by atoms with Crippen LogP contribution in [0.15, 0.2) is 29.6 Å². The number of carbonyl (C=O) groups excluding carboxylic acids is 2. The summed E-state index contributed by atoms with van der Waals surface area (Å²) in [6.07, 6.45) is 0.117. The topological polar surface area (TPSA) is 67.9 Å². The Morgan fingerprint density at radius 1 is 1.32 bits per heavy atom. The molecule has 1 aliphatic rings. The van der Waals surface area contributed by atoms with Gasteiger partial charge >= 0.3 is 5.97 Å². The Labute approximate surface area is 169 Å². The number of anilines is 1. The first-order valence-corrected chi connectivity index (χ1v) is 10.3. The summed E-state index contributed by atoms with van der Waals surface area (Å²) in [5.41, 5.74) is 3.26. The predicted molar refractivity (Wildman–Crippen MR) is 111 cm³/mol. The lowest BCUT2D eigenvalue weighted by molar-refractivity contribution is -0.119. The van der Waals surface area contributed by atoms with Crippen molar-refractivity contribution in [2.45, 2.75) is 26.9 Å². The van der Waals surface area contributed by atoms with Crippen molar-refractivity contribution >= 4 is 28.2 Å². The lowest BCUT2D eigenvalue weighted by atomic mass is 10.0. The molecule has 1 aliphatic heterocycles. The fourth-order valence-corrected chi connectivity index (χ4v) is 4.18. The molecule has 3 rings (SSSR count). The first-order valence-electron chi connectivity index (χ1n) is 9.47. The SMILES string of the molecule is CCOC(=O)c1c(-c2ccc(C)cc2)csc1NC(=O)CN1CCOC(C)C1. The van der Waals surface area contributed by atoms with E-state index in [9.17, 15) is 9.59 Å². The minimum Gasteiger partial charge on any atom is -0.462 e. The summed E-state index contributed by atoms with van der Waals surface area (Å²) in [5, 5.41) is 5.33. The lowest BCUT2D eigenvalue weighted by Crippen LogP contribution is -2.44. The highest BCUT2D eigenvalue weighted by molar-refractivity contribution is 7.15. The molecule has 1 N–H and O–H groups in total. The fourth-order valence-electron chi connectivity index (χ4n) is 3.20. The molecule has 1 atom stereocenters. The van der Waals surface area contributed by atoms with Gasteiger partial charge in [0.2, 0.25) is 5.91 Å². The van der Waals surface area contributed by atoms with Gasteiger partial charge in [-0.05, 0) is 26.3 Å². The predicted octanol–water partition coefficient (Wildman–Crippen LogP) is 3.56. The van der Waals surface area contributed by atoms with Crippen LogP contribution in [0.5, 0.6) is 0 Å². The average Bonchev–Trinajstić information content (AvgIpc) is 3.06. The van der Waals surface area contributed by atoms with Crippen molar-refractivity contribution in [1.82, 2.24) is 4.90 Å². The zero-order chi connectivity index (χ0) is 20.1. The van der Waals surface area contributed by atoms with Crippen LogP contribution >= 0.6 is 11.3 Å². The Hall–Kier alpha value is -2.22. The minimum absolute atomic E-state index is 0.117. The van der Waals surface area contributed by atoms with E-state index in [0.717, 1.165) is 29.8 Å². The van der Waals surface area contributed by atoms with Crippen LogP contribution in [-0.4, -0.2) is 55.7 Å². The molecule has 0 saturated carbocycles. The van der Waals surface area contributed by atoms with Crippen molar-refractivity contribution in [3.63, 3.8) is 0 Å². The molecule has 28 heavy (non-hydrogen) atoms. The number of morpholine rings is 1. The Bertz CT molecular complexity index is 831. The average molecular weight is 403 g/mol. The highest BCUT2D eigenvalue weighted by Crippen LogP contribution is 2.36. The molecule has 0 bridgehead atoms. The summed E-state index contributed by atoms with van der Waals surface area (Å²) in [6, 6.07) is 7.95. The van der Waals surface area contributed by atoms with Crippen LogP contribution in [0.2, 0.25) is 0 Å². The molecule has 0 spiro atoms. The number of nitrogens with zero attached hydrogens (tertiary/aromatic N) is 1. The van der Waals surface area contributed by atoms with E-state index in [-0.39, 0.29) is 25.2 Å². The van der Waals surface area contributed by atoms with Gasteiger partial charge in [-0.25, -0.2) is 4.79 Å². The number of esters is 1. The highest BCUT2D eigenvalue weighted by Gasteiger charge is 2.24. The normalized spacial score (nSPS) is 17.3. The highest BCUT2D eigenvalue weighted by atomic mass is 32.1. The number of nitrogens with one attached hydrogen (secondary N) is 1. The minimum atomic E-state index is -0.422. The van der Waals surface area contributed by atoms with Crippen molar-refractivity contribution in [2.75, 3.05) is 38.2 Å². The Balaban J connectivity index is 1.80. The van der Waals surface area contributed by atoms with Crippen molar-refractivity contribution in [2.24, 2.45) is 0 Å². The fraction of sp³-hybridized carbons (Fsp3) is 0.429. The van der Waals surface area contributed by atoms with E-state index in [1.807, 2.05) is 43.5 Å². The third-order valence-corrected chi connectivity index (χ3v) is 5.47. The zero-order valence-corrected chi connectivity index (χ0v) is 17.3. The van der Waals surface area contributed by atoms with E-state index in [1.165, 1.54) is 11.3 Å². The number of aryl methyl sites for hydroxylation is 1. The van der Waals surface area contributed by atoms with Crippen LogP contribution < -0.4 is 5.32 Å². The quantitative estimate of drug-likeness (QED) is 0.749. The standard InChI is InChI=1S/C21H26N2O4S/c1-4-26-21(25)19-17(16-7-5-14(2)6-8-16)13-28-20(19)22-18(24)12-23-9-10-27-15(3)11-23/h5-8,13,15H,4,9-12H2,1-3H3,(H,22,24). The second-order valence-electron chi connectivity index (χ2n) is 6.90. The summed E-state index contributed by atoms with van der Waals surface area (Å²) in [7, 11) is 0. The Morgan fingerprint density at radius 3 is 2.75 bits per heavy atom. The second-order valence-corrected chi connectivity index (χ2v) is 7.78. The monoisotopic (exact) mass is 402 g/mol. The summed E-state index contributed by atoms with van der Waals surface area (Å²) in [4.78, 5) is 27.2. The molecule has 150 valence electrons. The number of ether oxygens (including phenoxy) is 2. The molecule has 7 heteroatoms. The van der Waals surface area contributed by atoms with Gasteiger partial charge < -0.3 is 14.8 Å². The molecule has 1 amide bonds. The molecule has 0 aliphatic carbocycles. The van der Waals surface area contributed by atoms with Gasteiger partial charge in [0.25, 0.3) is 0 Å². The largest absolute Gasteiger partial charge is 0.462 e. The molecular weight excluding hydrogens is 376 g/mol. The second kappa shape index (κ2) is 9.32. The van der Waals surface area contributed by atoms with Crippen LogP contribution in [0, 0.1) is 6.92 Å². The number of amides is 1. The van der Waals surface area contributed by atoms with Crippen LogP contribution in [0.25, 0.3) is 11.1 Å². The molecule has 2 heterocycles. The van der Waals surface area contributed by atoms with E-state index >= 15 is 0 Å². The van der Waals surface area contributed by atoms with E-state index in [0.29, 0.717) is 17.2 Å². The van der Waals surface area contributed by atoms with Crippen molar-refractivity contribution in [3.8, 4) is 11.1 Å². The maximum absolute atomic E-state index is 12.6. The third kappa shape index (κ3) is 4.98. The Kier molecular flexibility index (Phi) is 6.83. The number of thiophene rings is 1. The first kappa shape index (κ1) is 20.5. The summed E-state index contributed by atoms with van der Waals surface area (Å²) in [6.45, 7) is 8.40. The molecular formula is C21H26N2O4S. The van der Waals surface area contributed by atoms with Crippen LogP contribution in [0.4, 0.5) is 5.00 Å². The maximum Gasteiger partial charge on any atom is 0.341 e. The van der Waals surface area contributed by atoms with Gasteiger partial charge in [0.15, 0.2) is 0 Å². The summed E-state index contributed by atoms with van der Waals surface area (Å²) in [5.74, 6) is -0.563. The summed E-state index contributed by atoms with van der Waals surface area (Å²) >= 11 is 1.34. The van der Waals surface area contributed by atoms with Crippen molar-refractivity contribution in [1.29, 1.82) is 0 Å². The van der Waals surface area contributed by atoms with E-state index in [4.69, 9.17) is 9.47 Å². The molecule has 1 unspecified atom stereocenters. The molecule has 2 aromatic rings. The maximum atomic E-state index is 12.6. The Morgan fingerprint density at radius 2 is 2.07 bits per heavy atom. The summed E-state index contributed by atoms with van der Waals surface area (Å²) < 4.78 is 10.8. The molecule has 6 nitrogen and oxygen atoms in total. The van der Waals surface area contributed by atoms with Crippen LogP contribution in [0.1, 0.15) is 29.8 Å². The number of hydrogen-bond acceptors (Lipinski definition) is 6. The zero-order valence-electron chi connectivity index (χ0n) is 16.5. The number of benzene rings is 1. The van der Waals surface area contributed by atoms with E-state index in [2.05, 4.69) is 10.2 Å². The van der Waals surface area contributed by atoms with Gasteiger partial charge in [0.05, 0.1) is 25.9 Å². The molecule has 1 saturated heterocycles. The first-order chi connectivity index (χ1) is 13.5. The van der Waals surface area contributed by atoms with Crippen molar-refractivity contribution in [3.05, 3.63) is 40.8 Å². The van der Waals surface area contributed by atoms with Gasteiger partial charge in [-0.3, -0.25) is 9.69 Å². The number of rotatable bonds is 6. The van der Waals surface area contributed by atoms with E-state index in [1.54, 1.807) is 6.92 Å². The van der Waals surface area contributed by atoms with Gasteiger partial charge in [-0.15, -0.1) is 11.3 Å². The smallest absolute Gasteiger partial charge is 0.341 e. The van der Waals surface area contributed by atoms with Crippen LogP contribution in [0.3, 0.4) is 0 Å². The number of hydrogen-bond donors (Lipinski definition) is 1. The lowest BCUT2D eigenvalue weighted by Gasteiger charge is -2.30. The van der Waals surface area contributed by atoms with E-state index < -0.39 is 5.97 Å². The molecule has 1 aromatic carbocycles. The van der Waals surface area contributed by atoms with Crippen molar-refractivity contribution < 1.29 is 19.1 Å². The van der Waals surface area contributed by atoms with Gasteiger partial charge in [-0.2, -0.15) is 0 Å².